The molecule has 8 heteroatoms. The first-order valence-electron chi connectivity index (χ1n) is 9.43. The summed E-state index contributed by atoms with van der Waals surface area (Å²) in [4.78, 5) is 20.9. The van der Waals surface area contributed by atoms with E-state index in [4.69, 9.17) is 4.74 Å². The van der Waals surface area contributed by atoms with Crippen LogP contribution in [0.5, 0.6) is 0 Å². The summed E-state index contributed by atoms with van der Waals surface area (Å²) in [5.74, 6) is 0.597. The summed E-state index contributed by atoms with van der Waals surface area (Å²) < 4.78 is 18.0. The number of ether oxygens (including phenoxy) is 1. The highest BCUT2D eigenvalue weighted by Crippen LogP contribution is 2.17. The van der Waals surface area contributed by atoms with Crippen molar-refractivity contribution in [2.75, 3.05) is 64.4 Å². The number of hydrogen-bond donors (Lipinski definition) is 2. The lowest BCUT2D eigenvalue weighted by Gasteiger charge is -2.36. The fraction of sp³-hybridized carbons (Fsp3) is 0.579. The van der Waals surface area contributed by atoms with Crippen molar-refractivity contribution in [2.24, 2.45) is 4.99 Å². The summed E-state index contributed by atoms with van der Waals surface area (Å²) in [6.07, 6.45) is 0.422. The summed E-state index contributed by atoms with van der Waals surface area (Å²) in [5, 5.41) is 6.33. The minimum absolute atomic E-state index is 0.133. The first-order valence-corrected chi connectivity index (χ1v) is 9.43. The van der Waals surface area contributed by atoms with Gasteiger partial charge in [0.2, 0.25) is 5.91 Å². The Labute approximate surface area is 160 Å². The van der Waals surface area contributed by atoms with Crippen LogP contribution in [0.15, 0.2) is 29.3 Å². The first kappa shape index (κ1) is 21.0. The number of nitrogens with zero attached hydrogens (tertiary/aromatic N) is 3. The van der Waals surface area contributed by atoms with Gasteiger partial charge in [0, 0.05) is 58.5 Å². The number of carbonyl (C=O) groups is 1. The van der Waals surface area contributed by atoms with Gasteiger partial charge < -0.3 is 25.2 Å². The number of nitrogens with one attached hydrogen (secondary N) is 2. The molecular formula is C19H30FN5O2. The predicted molar refractivity (Wildman–Crippen MR) is 106 cm³/mol. The number of hydrogen-bond acceptors (Lipinski definition) is 4. The number of benzene rings is 1. The van der Waals surface area contributed by atoms with E-state index < -0.39 is 0 Å². The lowest BCUT2D eigenvalue weighted by atomic mass is 10.2. The fourth-order valence-corrected chi connectivity index (χ4v) is 2.90. The Kier molecular flexibility index (Phi) is 8.83. The summed E-state index contributed by atoms with van der Waals surface area (Å²) in [5.41, 5.74) is 0.993. The minimum Gasteiger partial charge on any atom is -0.383 e. The Hall–Kier alpha value is -2.35. The molecular weight excluding hydrogens is 349 g/mol. The molecule has 0 saturated carbocycles. The van der Waals surface area contributed by atoms with Crippen LogP contribution in [0, 0.1) is 5.82 Å². The van der Waals surface area contributed by atoms with Gasteiger partial charge in [-0.25, -0.2) is 4.39 Å². The van der Waals surface area contributed by atoms with Crippen molar-refractivity contribution in [3.63, 3.8) is 0 Å². The number of piperazine rings is 1. The van der Waals surface area contributed by atoms with E-state index in [1.807, 2.05) is 11.8 Å². The van der Waals surface area contributed by atoms with E-state index in [9.17, 15) is 9.18 Å². The number of guanidine groups is 1. The molecule has 0 aliphatic carbocycles. The average molecular weight is 379 g/mol. The Morgan fingerprint density at radius 2 is 1.89 bits per heavy atom. The molecule has 1 aliphatic heterocycles. The van der Waals surface area contributed by atoms with Gasteiger partial charge in [0.25, 0.3) is 0 Å². The van der Waals surface area contributed by atoms with Gasteiger partial charge in [0.05, 0.1) is 13.2 Å². The van der Waals surface area contributed by atoms with Crippen molar-refractivity contribution in [3.8, 4) is 0 Å². The van der Waals surface area contributed by atoms with Crippen LogP contribution in [0.2, 0.25) is 0 Å². The number of amides is 1. The summed E-state index contributed by atoms with van der Waals surface area (Å²) in [6, 6.07) is 6.49. The van der Waals surface area contributed by atoms with Gasteiger partial charge in [-0.3, -0.25) is 9.79 Å². The molecule has 7 nitrogen and oxygen atoms in total. The zero-order valence-corrected chi connectivity index (χ0v) is 16.2. The molecule has 0 radical (unpaired) electrons. The molecule has 1 heterocycles. The van der Waals surface area contributed by atoms with Crippen LogP contribution >= 0.6 is 0 Å². The van der Waals surface area contributed by atoms with Crippen molar-refractivity contribution in [1.82, 2.24) is 15.5 Å². The Morgan fingerprint density at radius 1 is 1.19 bits per heavy atom. The van der Waals surface area contributed by atoms with Gasteiger partial charge >= 0.3 is 0 Å². The van der Waals surface area contributed by atoms with Crippen LogP contribution in [0.4, 0.5) is 10.1 Å². The van der Waals surface area contributed by atoms with Crippen LogP contribution in [0.25, 0.3) is 0 Å². The zero-order chi connectivity index (χ0) is 19.5. The Morgan fingerprint density at radius 3 is 2.52 bits per heavy atom. The van der Waals surface area contributed by atoms with E-state index in [1.165, 1.54) is 12.1 Å². The highest BCUT2D eigenvalue weighted by molar-refractivity contribution is 5.81. The second kappa shape index (κ2) is 11.4. The summed E-state index contributed by atoms with van der Waals surface area (Å²) in [6.45, 7) is 7.31. The van der Waals surface area contributed by atoms with Gasteiger partial charge in [0.15, 0.2) is 5.96 Å². The lowest BCUT2D eigenvalue weighted by Crippen LogP contribution is -2.49. The van der Waals surface area contributed by atoms with Crippen molar-refractivity contribution < 1.29 is 13.9 Å². The van der Waals surface area contributed by atoms with Crippen LogP contribution in [-0.4, -0.2) is 76.3 Å². The normalized spacial score (nSPS) is 15.0. The third kappa shape index (κ3) is 7.05. The number of carbonyl (C=O) groups excluding carboxylic acids is 1. The molecule has 1 aromatic carbocycles. The smallest absolute Gasteiger partial charge is 0.224 e. The highest BCUT2D eigenvalue weighted by Gasteiger charge is 2.21. The lowest BCUT2D eigenvalue weighted by molar-refractivity contribution is -0.131. The molecule has 1 aromatic rings. The number of aliphatic imine (C=N–C) groups is 1. The third-order valence-electron chi connectivity index (χ3n) is 4.37. The number of halogens is 1. The molecule has 0 bridgehead atoms. The second-order valence-electron chi connectivity index (χ2n) is 6.27. The van der Waals surface area contributed by atoms with E-state index in [-0.39, 0.29) is 11.7 Å². The highest BCUT2D eigenvalue weighted by atomic mass is 19.1. The van der Waals surface area contributed by atoms with Crippen molar-refractivity contribution in [2.45, 2.75) is 13.3 Å². The third-order valence-corrected chi connectivity index (χ3v) is 4.37. The molecule has 0 unspecified atom stereocenters. The predicted octanol–water partition coefficient (Wildman–Crippen LogP) is 1.07. The molecule has 1 aliphatic rings. The molecule has 2 N–H and O–H groups in total. The second-order valence-corrected chi connectivity index (χ2v) is 6.27. The van der Waals surface area contributed by atoms with Gasteiger partial charge in [-0.05, 0) is 31.2 Å². The standard InChI is InChI=1S/C19H30FN5O2/c1-3-21-19(23-10-15-27-2)22-9-8-18(26)25-13-11-24(12-14-25)17-6-4-16(20)5-7-17/h4-7H,3,8-15H2,1-2H3,(H2,21,22,23). The summed E-state index contributed by atoms with van der Waals surface area (Å²) in [7, 11) is 1.64. The largest absolute Gasteiger partial charge is 0.383 e. The molecule has 1 amide bonds. The van der Waals surface area contributed by atoms with Crippen molar-refractivity contribution >= 4 is 17.6 Å². The Balaban J connectivity index is 1.72. The van der Waals surface area contributed by atoms with E-state index in [1.54, 1.807) is 19.2 Å². The molecule has 27 heavy (non-hydrogen) atoms. The molecule has 0 spiro atoms. The number of rotatable bonds is 8. The molecule has 150 valence electrons. The molecule has 0 atom stereocenters. The average Bonchev–Trinajstić information content (AvgIpc) is 2.69. The van der Waals surface area contributed by atoms with Gasteiger partial charge in [-0.2, -0.15) is 0 Å². The number of anilines is 1. The van der Waals surface area contributed by atoms with Crippen molar-refractivity contribution in [1.29, 1.82) is 0 Å². The monoisotopic (exact) mass is 379 g/mol. The topological polar surface area (TPSA) is 69.2 Å². The molecule has 0 aromatic heterocycles. The quantitative estimate of drug-likeness (QED) is 0.402. The van der Waals surface area contributed by atoms with Gasteiger partial charge in [0.1, 0.15) is 5.82 Å². The molecule has 2 rings (SSSR count). The number of methoxy groups -OCH3 is 1. The van der Waals surface area contributed by atoms with E-state index in [0.717, 1.165) is 25.3 Å². The SMILES string of the molecule is CCNC(=NCCOC)NCCC(=O)N1CCN(c2ccc(F)cc2)CC1. The summed E-state index contributed by atoms with van der Waals surface area (Å²) >= 11 is 0. The van der Waals surface area contributed by atoms with Crippen LogP contribution in [-0.2, 0) is 9.53 Å². The zero-order valence-electron chi connectivity index (χ0n) is 16.2. The molecule has 1 fully saturated rings. The van der Waals surface area contributed by atoms with Crippen molar-refractivity contribution in [3.05, 3.63) is 30.1 Å². The van der Waals surface area contributed by atoms with Crippen LogP contribution < -0.4 is 15.5 Å². The Bertz CT molecular complexity index is 601. The van der Waals surface area contributed by atoms with E-state index in [0.29, 0.717) is 45.2 Å². The maximum absolute atomic E-state index is 13.0. The van der Waals surface area contributed by atoms with Crippen LogP contribution in [0.3, 0.4) is 0 Å². The van der Waals surface area contributed by atoms with Gasteiger partial charge in [-0.15, -0.1) is 0 Å². The van der Waals surface area contributed by atoms with Gasteiger partial charge in [-0.1, -0.05) is 0 Å². The van der Waals surface area contributed by atoms with Crippen LogP contribution in [0.1, 0.15) is 13.3 Å². The fourth-order valence-electron chi connectivity index (χ4n) is 2.90. The maximum atomic E-state index is 13.0. The van der Waals surface area contributed by atoms with E-state index >= 15 is 0 Å². The van der Waals surface area contributed by atoms with E-state index in [2.05, 4.69) is 20.5 Å². The molecule has 1 saturated heterocycles. The first-order chi connectivity index (χ1) is 13.1. The minimum atomic E-state index is -0.234. The maximum Gasteiger partial charge on any atom is 0.224 e.